The molecule has 0 aromatic heterocycles. The molecule has 0 radical (unpaired) electrons. The zero-order valence-corrected chi connectivity index (χ0v) is 9.09. The predicted octanol–water partition coefficient (Wildman–Crippen LogP) is 1.79. The molecule has 2 nitrogen and oxygen atoms in total. The maximum Gasteiger partial charge on any atom is 0.0453 e. The fourth-order valence-corrected chi connectivity index (χ4v) is 2.06. The maximum atomic E-state index is 6.13. The van der Waals surface area contributed by atoms with Gasteiger partial charge in [-0.3, -0.25) is 4.90 Å². The van der Waals surface area contributed by atoms with E-state index >= 15 is 0 Å². The highest BCUT2D eigenvalue weighted by Gasteiger charge is 2.23. The standard InChI is InChI=1S/C11H15ClN2/c1-8-2-3-9(11(12)4-8)5-14-6-10(13)7-14/h2-4,10H,5-7,13H2,1H3. The number of hydrogen-bond donors (Lipinski definition) is 1. The van der Waals surface area contributed by atoms with Crippen LogP contribution in [0.25, 0.3) is 0 Å². The Bertz CT molecular complexity index is 332. The van der Waals surface area contributed by atoms with Crippen LogP contribution in [0.4, 0.5) is 0 Å². The van der Waals surface area contributed by atoms with E-state index in [4.69, 9.17) is 17.3 Å². The molecule has 1 heterocycles. The molecule has 0 spiro atoms. The molecule has 3 heteroatoms. The van der Waals surface area contributed by atoms with E-state index in [-0.39, 0.29) is 0 Å². The molecule has 2 N–H and O–H groups in total. The van der Waals surface area contributed by atoms with Gasteiger partial charge in [0.1, 0.15) is 0 Å². The van der Waals surface area contributed by atoms with Gasteiger partial charge in [-0.2, -0.15) is 0 Å². The average Bonchev–Trinajstić information content (AvgIpc) is 2.06. The molecule has 1 aromatic carbocycles. The van der Waals surface area contributed by atoms with E-state index in [0.717, 1.165) is 24.7 Å². The molecule has 1 saturated heterocycles. The van der Waals surface area contributed by atoms with Gasteiger partial charge in [0.2, 0.25) is 0 Å². The van der Waals surface area contributed by atoms with E-state index in [2.05, 4.69) is 24.0 Å². The molecule has 1 aromatic rings. The van der Waals surface area contributed by atoms with E-state index in [0.29, 0.717) is 6.04 Å². The molecule has 1 fully saturated rings. The molecule has 0 bridgehead atoms. The van der Waals surface area contributed by atoms with Gasteiger partial charge < -0.3 is 5.73 Å². The third-order valence-electron chi connectivity index (χ3n) is 2.59. The number of aryl methyl sites for hydroxylation is 1. The largest absolute Gasteiger partial charge is 0.325 e. The first-order chi connectivity index (χ1) is 6.65. The molecular formula is C11H15ClN2. The Kier molecular flexibility index (Phi) is 2.77. The molecular weight excluding hydrogens is 196 g/mol. The van der Waals surface area contributed by atoms with Crippen molar-refractivity contribution in [3.8, 4) is 0 Å². The van der Waals surface area contributed by atoms with Gasteiger partial charge in [0, 0.05) is 30.7 Å². The van der Waals surface area contributed by atoms with Crippen LogP contribution < -0.4 is 5.73 Å². The highest BCUT2D eigenvalue weighted by Crippen LogP contribution is 2.21. The van der Waals surface area contributed by atoms with Crippen molar-refractivity contribution in [3.05, 3.63) is 34.3 Å². The molecule has 0 aliphatic carbocycles. The summed E-state index contributed by atoms with van der Waals surface area (Å²) in [6, 6.07) is 6.57. The Morgan fingerprint density at radius 2 is 2.21 bits per heavy atom. The summed E-state index contributed by atoms with van der Waals surface area (Å²) in [5, 5.41) is 0.866. The second kappa shape index (κ2) is 3.89. The van der Waals surface area contributed by atoms with Gasteiger partial charge >= 0.3 is 0 Å². The summed E-state index contributed by atoms with van der Waals surface area (Å²) < 4.78 is 0. The van der Waals surface area contributed by atoms with Crippen molar-refractivity contribution in [3.63, 3.8) is 0 Å². The lowest BCUT2D eigenvalue weighted by molar-refractivity contribution is 0.142. The molecule has 1 aliphatic heterocycles. The second-order valence-electron chi connectivity index (χ2n) is 4.05. The fraction of sp³-hybridized carbons (Fsp3) is 0.455. The molecule has 2 rings (SSSR count). The van der Waals surface area contributed by atoms with Crippen LogP contribution in [0, 0.1) is 6.92 Å². The quantitative estimate of drug-likeness (QED) is 0.807. The topological polar surface area (TPSA) is 29.3 Å². The van der Waals surface area contributed by atoms with Crippen LogP contribution in [0.2, 0.25) is 5.02 Å². The minimum Gasteiger partial charge on any atom is -0.325 e. The van der Waals surface area contributed by atoms with Gasteiger partial charge in [0.25, 0.3) is 0 Å². The SMILES string of the molecule is Cc1ccc(CN2CC(N)C2)c(Cl)c1. The Balaban J connectivity index is 2.02. The number of rotatable bonds is 2. The number of hydrogen-bond acceptors (Lipinski definition) is 2. The predicted molar refractivity (Wildman–Crippen MR) is 59.4 cm³/mol. The third kappa shape index (κ3) is 2.08. The Labute approximate surface area is 89.7 Å². The van der Waals surface area contributed by atoms with Gasteiger partial charge in [-0.1, -0.05) is 23.7 Å². The number of nitrogens with zero attached hydrogens (tertiary/aromatic N) is 1. The van der Waals surface area contributed by atoms with Crippen molar-refractivity contribution in [2.24, 2.45) is 5.73 Å². The minimum atomic E-state index is 0.360. The highest BCUT2D eigenvalue weighted by atomic mass is 35.5. The van der Waals surface area contributed by atoms with Crippen molar-refractivity contribution in [2.45, 2.75) is 19.5 Å². The lowest BCUT2D eigenvalue weighted by Crippen LogP contribution is -2.54. The van der Waals surface area contributed by atoms with E-state index in [9.17, 15) is 0 Å². The summed E-state index contributed by atoms with van der Waals surface area (Å²) in [7, 11) is 0. The molecule has 76 valence electrons. The lowest BCUT2D eigenvalue weighted by Gasteiger charge is -2.37. The van der Waals surface area contributed by atoms with E-state index < -0.39 is 0 Å². The number of likely N-dealkylation sites (tertiary alicyclic amines) is 1. The first-order valence-corrected chi connectivity index (χ1v) is 5.26. The molecule has 0 unspecified atom stereocenters. The van der Waals surface area contributed by atoms with Crippen molar-refractivity contribution in [2.75, 3.05) is 13.1 Å². The summed E-state index contributed by atoms with van der Waals surface area (Å²) in [6.45, 7) is 4.95. The van der Waals surface area contributed by atoms with Gasteiger partial charge in [0.05, 0.1) is 0 Å². The molecule has 1 aliphatic rings. The molecule has 0 atom stereocenters. The Hall–Kier alpha value is -0.570. The zero-order chi connectivity index (χ0) is 10.1. The number of halogens is 1. The maximum absolute atomic E-state index is 6.13. The van der Waals surface area contributed by atoms with Crippen molar-refractivity contribution < 1.29 is 0 Å². The first kappa shape index (κ1) is 9.97. The Morgan fingerprint density at radius 1 is 1.50 bits per heavy atom. The molecule has 14 heavy (non-hydrogen) atoms. The Morgan fingerprint density at radius 3 is 2.79 bits per heavy atom. The lowest BCUT2D eigenvalue weighted by atomic mass is 10.1. The summed E-state index contributed by atoms with van der Waals surface area (Å²) in [5.41, 5.74) is 8.12. The number of nitrogens with two attached hydrogens (primary N) is 1. The van der Waals surface area contributed by atoms with Gasteiger partial charge in [-0.05, 0) is 24.1 Å². The van der Waals surface area contributed by atoms with E-state index in [1.165, 1.54) is 11.1 Å². The van der Waals surface area contributed by atoms with Crippen LogP contribution in [0.5, 0.6) is 0 Å². The number of benzene rings is 1. The van der Waals surface area contributed by atoms with Crippen LogP contribution >= 0.6 is 11.6 Å². The first-order valence-electron chi connectivity index (χ1n) is 4.88. The fourth-order valence-electron chi connectivity index (χ4n) is 1.76. The summed E-state index contributed by atoms with van der Waals surface area (Å²) in [6.07, 6.45) is 0. The average molecular weight is 211 g/mol. The summed E-state index contributed by atoms with van der Waals surface area (Å²) in [5.74, 6) is 0. The van der Waals surface area contributed by atoms with Crippen molar-refractivity contribution >= 4 is 11.6 Å². The smallest absolute Gasteiger partial charge is 0.0453 e. The second-order valence-corrected chi connectivity index (χ2v) is 4.46. The molecule has 0 saturated carbocycles. The van der Waals surface area contributed by atoms with Crippen LogP contribution in [0.3, 0.4) is 0 Å². The van der Waals surface area contributed by atoms with E-state index in [1.807, 2.05) is 6.07 Å². The van der Waals surface area contributed by atoms with Crippen molar-refractivity contribution in [1.82, 2.24) is 4.90 Å². The van der Waals surface area contributed by atoms with Crippen LogP contribution in [-0.4, -0.2) is 24.0 Å². The highest BCUT2D eigenvalue weighted by molar-refractivity contribution is 6.31. The van der Waals surface area contributed by atoms with Gasteiger partial charge in [0.15, 0.2) is 0 Å². The van der Waals surface area contributed by atoms with Crippen LogP contribution in [-0.2, 0) is 6.54 Å². The van der Waals surface area contributed by atoms with Gasteiger partial charge in [-0.15, -0.1) is 0 Å². The minimum absolute atomic E-state index is 0.360. The molecule has 0 amide bonds. The van der Waals surface area contributed by atoms with E-state index in [1.54, 1.807) is 0 Å². The summed E-state index contributed by atoms with van der Waals surface area (Å²) in [4.78, 5) is 2.31. The van der Waals surface area contributed by atoms with Crippen LogP contribution in [0.1, 0.15) is 11.1 Å². The summed E-state index contributed by atoms with van der Waals surface area (Å²) >= 11 is 6.13. The van der Waals surface area contributed by atoms with Gasteiger partial charge in [-0.25, -0.2) is 0 Å². The normalized spacial score (nSPS) is 18.2. The zero-order valence-electron chi connectivity index (χ0n) is 8.33. The van der Waals surface area contributed by atoms with Crippen molar-refractivity contribution in [1.29, 1.82) is 0 Å². The monoisotopic (exact) mass is 210 g/mol. The third-order valence-corrected chi connectivity index (χ3v) is 2.94. The van der Waals surface area contributed by atoms with Crippen LogP contribution in [0.15, 0.2) is 18.2 Å².